The van der Waals surface area contributed by atoms with Crippen LogP contribution in [0.5, 0.6) is 5.75 Å². The van der Waals surface area contributed by atoms with Gasteiger partial charge in [-0.2, -0.15) is 0 Å². The number of carbonyl (C=O) groups is 1. The smallest absolute Gasteiger partial charge is 0.264 e. The number of nitrogens with one attached hydrogen (secondary N) is 1. The number of pyridine rings is 2. The van der Waals surface area contributed by atoms with Crippen LogP contribution < -0.4 is 10.1 Å². The largest absolute Gasteiger partial charge is 0.479 e. The van der Waals surface area contributed by atoms with Gasteiger partial charge in [0.25, 0.3) is 5.91 Å². The zero-order valence-electron chi connectivity index (χ0n) is 15.2. The molecule has 1 aromatic carbocycles. The van der Waals surface area contributed by atoms with Crippen LogP contribution in [0.1, 0.15) is 5.56 Å². The van der Waals surface area contributed by atoms with Crippen LogP contribution in [0.4, 0.5) is 0 Å². The molecule has 3 aromatic rings. The Balaban J connectivity index is 1.54. The third kappa shape index (κ3) is 2.99. The minimum absolute atomic E-state index is 0.0393. The molecule has 2 aliphatic rings. The molecule has 2 aromatic heterocycles. The van der Waals surface area contributed by atoms with Gasteiger partial charge >= 0.3 is 0 Å². The van der Waals surface area contributed by atoms with E-state index in [1.165, 1.54) is 0 Å². The number of halogens is 1. The van der Waals surface area contributed by atoms with E-state index in [1.807, 2.05) is 35.2 Å². The number of benzene rings is 1. The van der Waals surface area contributed by atoms with Gasteiger partial charge in [-0.15, -0.1) is 0 Å². The van der Waals surface area contributed by atoms with Gasteiger partial charge < -0.3 is 15.0 Å². The highest BCUT2D eigenvalue weighted by Crippen LogP contribution is 2.42. The molecule has 0 bridgehead atoms. The Morgan fingerprint density at radius 3 is 2.86 bits per heavy atom. The first kappa shape index (κ1) is 17.4. The average molecular weight is 395 g/mol. The van der Waals surface area contributed by atoms with Crippen molar-refractivity contribution < 1.29 is 9.53 Å². The third-order valence-electron chi connectivity index (χ3n) is 5.29. The number of nitrogens with zero attached hydrogens (tertiary/aromatic N) is 3. The summed E-state index contributed by atoms with van der Waals surface area (Å²) >= 11 is 6.41. The number of ether oxygens (including phenoxy) is 1. The van der Waals surface area contributed by atoms with E-state index in [9.17, 15) is 4.79 Å². The van der Waals surface area contributed by atoms with Crippen LogP contribution in [0.2, 0.25) is 5.02 Å². The summed E-state index contributed by atoms with van der Waals surface area (Å²) in [6.45, 7) is 3.05. The molecule has 28 heavy (non-hydrogen) atoms. The summed E-state index contributed by atoms with van der Waals surface area (Å²) in [5.74, 6) is 0.758. The Bertz CT molecular complexity index is 1060. The monoisotopic (exact) mass is 394 g/mol. The van der Waals surface area contributed by atoms with Crippen molar-refractivity contribution in [1.82, 2.24) is 20.2 Å². The van der Waals surface area contributed by atoms with E-state index >= 15 is 0 Å². The molecule has 1 atom stereocenters. The molecular weight excluding hydrogens is 376 g/mol. The van der Waals surface area contributed by atoms with Crippen molar-refractivity contribution in [3.05, 3.63) is 53.3 Å². The van der Waals surface area contributed by atoms with Gasteiger partial charge in [-0.05, 0) is 30.3 Å². The highest BCUT2D eigenvalue weighted by molar-refractivity contribution is 6.31. The van der Waals surface area contributed by atoms with Crippen LogP contribution in [-0.4, -0.2) is 53.1 Å². The molecule has 6 nitrogen and oxygen atoms in total. The van der Waals surface area contributed by atoms with Crippen LogP contribution >= 0.6 is 11.6 Å². The van der Waals surface area contributed by atoms with Crippen molar-refractivity contribution >= 4 is 28.5 Å². The Kier molecular flexibility index (Phi) is 4.37. The summed E-state index contributed by atoms with van der Waals surface area (Å²) in [4.78, 5) is 23.7. The van der Waals surface area contributed by atoms with Crippen molar-refractivity contribution in [2.24, 2.45) is 0 Å². The standard InChI is InChI=1S/C21H19ClN4O2/c22-14-10-13-11-18(21(27)26-8-6-23-7-9-26)28-20(13)16(12-14)15-3-5-24-17-2-1-4-25-19(15)17/h1-5,10,12,18,23H,6-9,11H2/t18-/m0/s1. The van der Waals surface area contributed by atoms with E-state index < -0.39 is 6.10 Å². The quantitative estimate of drug-likeness (QED) is 0.723. The summed E-state index contributed by atoms with van der Waals surface area (Å²) in [6.07, 6.45) is 3.52. The number of piperazine rings is 1. The van der Waals surface area contributed by atoms with Gasteiger partial charge in [0.2, 0.25) is 0 Å². The maximum absolute atomic E-state index is 12.9. The lowest BCUT2D eigenvalue weighted by molar-refractivity contribution is -0.138. The van der Waals surface area contributed by atoms with Gasteiger partial charge in [-0.25, -0.2) is 0 Å². The van der Waals surface area contributed by atoms with Gasteiger partial charge in [-0.1, -0.05) is 11.6 Å². The fourth-order valence-electron chi connectivity index (χ4n) is 3.95. The van der Waals surface area contributed by atoms with E-state index in [2.05, 4.69) is 15.3 Å². The summed E-state index contributed by atoms with van der Waals surface area (Å²) in [5.41, 5.74) is 4.30. The minimum Gasteiger partial charge on any atom is -0.479 e. The van der Waals surface area contributed by atoms with E-state index in [0.717, 1.165) is 46.6 Å². The zero-order valence-corrected chi connectivity index (χ0v) is 15.9. The van der Waals surface area contributed by atoms with Gasteiger partial charge in [0, 0.05) is 66.7 Å². The first-order chi connectivity index (χ1) is 13.7. The summed E-state index contributed by atoms with van der Waals surface area (Å²) < 4.78 is 6.19. The minimum atomic E-state index is -0.508. The molecule has 1 saturated heterocycles. The van der Waals surface area contributed by atoms with Crippen LogP contribution in [0, 0.1) is 0 Å². The molecular formula is C21H19ClN4O2. The molecule has 2 aliphatic heterocycles. The molecule has 0 radical (unpaired) electrons. The van der Waals surface area contributed by atoms with Crippen molar-refractivity contribution in [2.45, 2.75) is 12.5 Å². The van der Waals surface area contributed by atoms with Crippen molar-refractivity contribution in [3.63, 3.8) is 0 Å². The van der Waals surface area contributed by atoms with Crippen LogP contribution in [0.15, 0.2) is 42.7 Å². The average Bonchev–Trinajstić information content (AvgIpc) is 3.17. The number of hydrogen-bond donors (Lipinski definition) is 1. The number of carbonyl (C=O) groups excluding carboxylic acids is 1. The number of fused-ring (bicyclic) bond motifs is 2. The van der Waals surface area contributed by atoms with Gasteiger partial charge in [0.05, 0.1) is 11.0 Å². The number of aromatic nitrogens is 2. The molecule has 0 unspecified atom stereocenters. The fraction of sp³-hybridized carbons (Fsp3) is 0.286. The lowest BCUT2D eigenvalue weighted by Gasteiger charge is -2.29. The SMILES string of the molecule is O=C([C@@H]1Cc2cc(Cl)cc(-c3ccnc4cccnc34)c2O1)N1CCNCC1. The first-order valence-corrected chi connectivity index (χ1v) is 9.77. The third-order valence-corrected chi connectivity index (χ3v) is 5.50. The topological polar surface area (TPSA) is 67.3 Å². The van der Waals surface area contributed by atoms with Crippen molar-refractivity contribution in [2.75, 3.05) is 26.2 Å². The van der Waals surface area contributed by atoms with E-state index in [4.69, 9.17) is 16.3 Å². The maximum Gasteiger partial charge on any atom is 0.264 e. The molecule has 4 heterocycles. The Morgan fingerprint density at radius 2 is 2.00 bits per heavy atom. The lowest BCUT2D eigenvalue weighted by atomic mass is 9.99. The zero-order chi connectivity index (χ0) is 19.1. The summed E-state index contributed by atoms with van der Waals surface area (Å²) in [6, 6.07) is 9.47. The fourth-order valence-corrected chi connectivity index (χ4v) is 4.19. The van der Waals surface area contributed by atoms with Gasteiger partial charge in [-0.3, -0.25) is 14.8 Å². The molecule has 1 fully saturated rings. The van der Waals surface area contributed by atoms with Crippen LogP contribution in [0.3, 0.4) is 0 Å². The molecule has 142 valence electrons. The van der Waals surface area contributed by atoms with Crippen LogP contribution in [0.25, 0.3) is 22.2 Å². The maximum atomic E-state index is 12.9. The normalized spacial score (nSPS) is 18.8. The van der Waals surface area contributed by atoms with Crippen molar-refractivity contribution in [1.29, 1.82) is 0 Å². The second-order valence-electron chi connectivity index (χ2n) is 7.06. The molecule has 7 heteroatoms. The summed E-state index contributed by atoms with van der Waals surface area (Å²) in [7, 11) is 0. The van der Waals surface area contributed by atoms with E-state index in [-0.39, 0.29) is 5.91 Å². The number of amides is 1. The Hall–Kier alpha value is -2.70. The Morgan fingerprint density at radius 1 is 1.14 bits per heavy atom. The molecule has 1 amide bonds. The van der Waals surface area contributed by atoms with Gasteiger partial charge in [0.1, 0.15) is 5.75 Å². The molecule has 0 saturated carbocycles. The molecule has 5 rings (SSSR count). The van der Waals surface area contributed by atoms with E-state index in [1.54, 1.807) is 12.4 Å². The molecule has 1 N–H and O–H groups in total. The Labute approximate surface area is 167 Å². The molecule has 0 spiro atoms. The predicted molar refractivity (Wildman–Crippen MR) is 108 cm³/mol. The van der Waals surface area contributed by atoms with Crippen LogP contribution in [-0.2, 0) is 11.2 Å². The highest BCUT2D eigenvalue weighted by atomic mass is 35.5. The summed E-state index contributed by atoms with van der Waals surface area (Å²) in [5, 5.41) is 3.89. The second kappa shape index (κ2) is 7.04. The highest BCUT2D eigenvalue weighted by Gasteiger charge is 2.35. The predicted octanol–water partition coefficient (Wildman–Crippen LogP) is 2.69. The van der Waals surface area contributed by atoms with Gasteiger partial charge in [0.15, 0.2) is 6.10 Å². The first-order valence-electron chi connectivity index (χ1n) is 9.39. The molecule has 0 aliphatic carbocycles. The van der Waals surface area contributed by atoms with Crippen molar-refractivity contribution in [3.8, 4) is 16.9 Å². The number of hydrogen-bond acceptors (Lipinski definition) is 5. The second-order valence-corrected chi connectivity index (χ2v) is 7.49. The van der Waals surface area contributed by atoms with E-state index in [0.29, 0.717) is 24.5 Å². The lowest BCUT2D eigenvalue weighted by Crippen LogP contribution is -2.50. The number of rotatable bonds is 2.